The van der Waals surface area contributed by atoms with Gasteiger partial charge in [-0.25, -0.2) is 4.39 Å². The maximum absolute atomic E-state index is 14.3. The molecule has 0 aliphatic heterocycles. The SMILES string of the molecule is CNC(c1cccc(OCc2ccccc2)c1)c1cc(Br)ccc1F. The molecule has 1 N–H and O–H groups in total. The van der Waals surface area contributed by atoms with Crippen LogP contribution in [0.1, 0.15) is 22.7 Å². The van der Waals surface area contributed by atoms with Crippen LogP contribution >= 0.6 is 15.9 Å². The van der Waals surface area contributed by atoms with E-state index >= 15 is 0 Å². The predicted molar refractivity (Wildman–Crippen MR) is 102 cm³/mol. The molecule has 0 amide bonds. The zero-order chi connectivity index (χ0) is 17.6. The number of ether oxygens (including phenoxy) is 1. The first-order valence-electron chi connectivity index (χ1n) is 8.06. The number of hydrogen-bond acceptors (Lipinski definition) is 2. The summed E-state index contributed by atoms with van der Waals surface area (Å²) in [5.74, 6) is 0.523. The number of benzene rings is 3. The first-order chi connectivity index (χ1) is 12.2. The van der Waals surface area contributed by atoms with Crippen LogP contribution < -0.4 is 10.1 Å². The molecule has 2 nitrogen and oxygen atoms in total. The molecule has 4 heteroatoms. The second-order valence-corrected chi connectivity index (χ2v) is 6.65. The third-order valence-electron chi connectivity index (χ3n) is 4.00. The van der Waals surface area contributed by atoms with Gasteiger partial charge < -0.3 is 10.1 Å². The Morgan fingerprint density at radius 2 is 1.80 bits per heavy atom. The van der Waals surface area contributed by atoms with Crippen LogP contribution in [0.3, 0.4) is 0 Å². The van der Waals surface area contributed by atoms with Gasteiger partial charge in [-0.2, -0.15) is 0 Å². The van der Waals surface area contributed by atoms with Gasteiger partial charge in [0.15, 0.2) is 0 Å². The third kappa shape index (κ3) is 4.47. The lowest BCUT2D eigenvalue weighted by Gasteiger charge is -2.19. The summed E-state index contributed by atoms with van der Waals surface area (Å²) in [6.07, 6.45) is 0. The smallest absolute Gasteiger partial charge is 0.128 e. The van der Waals surface area contributed by atoms with Crippen LogP contribution in [0, 0.1) is 5.82 Å². The summed E-state index contributed by atoms with van der Waals surface area (Å²) in [7, 11) is 1.82. The summed E-state index contributed by atoms with van der Waals surface area (Å²) >= 11 is 3.41. The Balaban J connectivity index is 1.82. The van der Waals surface area contributed by atoms with Crippen molar-refractivity contribution in [1.29, 1.82) is 0 Å². The molecular weight excluding hydrogens is 381 g/mol. The van der Waals surface area contributed by atoms with Gasteiger partial charge in [0.2, 0.25) is 0 Å². The molecule has 0 fully saturated rings. The summed E-state index contributed by atoms with van der Waals surface area (Å²) < 4.78 is 21.0. The molecule has 128 valence electrons. The van der Waals surface area contributed by atoms with E-state index in [9.17, 15) is 4.39 Å². The van der Waals surface area contributed by atoms with E-state index in [1.165, 1.54) is 6.07 Å². The van der Waals surface area contributed by atoms with Gasteiger partial charge in [-0.05, 0) is 48.5 Å². The molecular formula is C21H19BrFNO. The topological polar surface area (TPSA) is 21.3 Å². The van der Waals surface area contributed by atoms with Gasteiger partial charge in [0.1, 0.15) is 18.2 Å². The fraction of sp³-hybridized carbons (Fsp3) is 0.143. The summed E-state index contributed by atoms with van der Waals surface area (Å²) in [5.41, 5.74) is 2.65. The summed E-state index contributed by atoms with van der Waals surface area (Å²) in [6.45, 7) is 0.500. The van der Waals surface area contributed by atoms with Crippen LogP contribution in [-0.2, 0) is 6.61 Å². The van der Waals surface area contributed by atoms with E-state index in [-0.39, 0.29) is 11.9 Å². The van der Waals surface area contributed by atoms with Crippen LogP contribution in [0.5, 0.6) is 5.75 Å². The molecule has 0 bridgehead atoms. The van der Waals surface area contributed by atoms with Crippen molar-refractivity contribution in [2.45, 2.75) is 12.6 Å². The van der Waals surface area contributed by atoms with Gasteiger partial charge in [-0.1, -0.05) is 58.4 Å². The van der Waals surface area contributed by atoms with Gasteiger partial charge in [-0.3, -0.25) is 0 Å². The van der Waals surface area contributed by atoms with Crippen LogP contribution in [-0.4, -0.2) is 7.05 Å². The molecule has 0 aliphatic rings. The second kappa shape index (κ2) is 8.28. The number of halogens is 2. The first kappa shape index (κ1) is 17.6. The van der Waals surface area contributed by atoms with Crippen molar-refractivity contribution in [3.8, 4) is 5.75 Å². The van der Waals surface area contributed by atoms with E-state index in [4.69, 9.17) is 4.74 Å². The van der Waals surface area contributed by atoms with Gasteiger partial charge in [0, 0.05) is 10.0 Å². The van der Waals surface area contributed by atoms with Gasteiger partial charge in [-0.15, -0.1) is 0 Å². The highest BCUT2D eigenvalue weighted by atomic mass is 79.9. The van der Waals surface area contributed by atoms with E-state index in [0.717, 1.165) is 21.3 Å². The van der Waals surface area contributed by atoms with Gasteiger partial charge in [0.05, 0.1) is 6.04 Å². The van der Waals surface area contributed by atoms with Gasteiger partial charge >= 0.3 is 0 Å². The maximum atomic E-state index is 14.3. The maximum Gasteiger partial charge on any atom is 0.128 e. The average molecular weight is 400 g/mol. The molecule has 0 spiro atoms. The van der Waals surface area contributed by atoms with Crippen molar-refractivity contribution in [2.24, 2.45) is 0 Å². The highest BCUT2D eigenvalue weighted by Gasteiger charge is 2.17. The quantitative estimate of drug-likeness (QED) is 0.592. The lowest BCUT2D eigenvalue weighted by atomic mass is 9.98. The summed E-state index contributed by atoms with van der Waals surface area (Å²) in [4.78, 5) is 0. The van der Waals surface area contributed by atoms with E-state index in [1.807, 2.05) is 61.6 Å². The fourth-order valence-corrected chi connectivity index (χ4v) is 3.14. The highest BCUT2D eigenvalue weighted by Crippen LogP contribution is 2.29. The van der Waals surface area contributed by atoms with E-state index < -0.39 is 0 Å². The largest absolute Gasteiger partial charge is 0.489 e. The van der Waals surface area contributed by atoms with Crippen molar-refractivity contribution in [3.05, 3.63) is 99.8 Å². The minimum atomic E-state index is -0.252. The first-order valence-corrected chi connectivity index (χ1v) is 8.85. The van der Waals surface area contributed by atoms with E-state index in [2.05, 4.69) is 21.2 Å². The van der Waals surface area contributed by atoms with Crippen LogP contribution in [0.4, 0.5) is 4.39 Å². The molecule has 25 heavy (non-hydrogen) atoms. The standard InChI is InChI=1S/C21H19BrFNO/c1-24-21(19-13-17(22)10-11-20(19)23)16-8-5-9-18(12-16)25-14-15-6-3-2-4-7-15/h2-13,21,24H,14H2,1H3. The zero-order valence-electron chi connectivity index (χ0n) is 13.9. The average Bonchev–Trinajstić information content (AvgIpc) is 2.65. The molecule has 3 aromatic carbocycles. The molecule has 0 saturated carbocycles. The van der Waals surface area contributed by atoms with Crippen molar-refractivity contribution >= 4 is 15.9 Å². The molecule has 1 atom stereocenters. The summed E-state index contributed by atoms with van der Waals surface area (Å²) in [6, 6.07) is 22.5. The van der Waals surface area contributed by atoms with Crippen molar-refractivity contribution in [2.75, 3.05) is 7.05 Å². The predicted octanol–water partition coefficient (Wildman–Crippen LogP) is 5.48. The molecule has 0 aromatic heterocycles. The highest BCUT2D eigenvalue weighted by molar-refractivity contribution is 9.10. The zero-order valence-corrected chi connectivity index (χ0v) is 15.5. The normalized spacial score (nSPS) is 12.0. The number of nitrogens with one attached hydrogen (secondary N) is 1. The lowest BCUT2D eigenvalue weighted by Crippen LogP contribution is -2.19. The number of hydrogen-bond donors (Lipinski definition) is 1. The van der Waals surface area contributed by atoms with Crippen molar-refractivity contribution < 1.29 is 9.13 Å². The van der Waals surface area contributed by atoms with Crippen molar-refractivity contribution in [1.82, 2.24) is 5.32 Å². The minimum absolute atomic E-state index is 0.238. The van der Waals surface area contributed by atoms with E-state index in [1.54, 1.807) is 12.1 Å². The molecule has 0 radical (unpaired) electrons. The monoisotopic (exact) mass is 399 g/mol. The Kier molecular flexibility index (Phi) is 5.84. The lowest BCUT2D eigenvalue weighted by molar-refractivity contribution is 0.305. The molecule has 0 saturated heterocycles. The number of rotatable bonds is 6. The van der Waals surface area contributed by atoms with Crippen LogP contribution in [0.2, 0.25) is 0 Å². The molecule has 0 heterocycles. The van der Waals surface area contributed by atoms with E-state index in [0.29, 0.717) is 12.2 Å². The molecule has 1 unspecified atom stereocenters. The van der Waals surface area contributed by atoms with Crippen molar-refractivity contribution in [3.63, 3.8) is 0 Å². The molecule has 3 aromatic rings. The Hall–Kier alpha value is -2.17. The minimum Gasteiger partial charge on any atom is -0.489 e. The Bertz CT molecular complexity index is 838. The van der Waals surface area contributed by atoms with Crippen LogP contribution in [0.15, 0.2) is 77.3 Å². The second-order valence-electron chi connectivity index (χ2n) is 5.73. The summed E-state index contributed by atoms with van der Waals surface area (Å²) in [5, 5.41) is 3.19. The Morgan fingerprint density at radius 1 is 1.00 bits per heavy atom. The Labute approximate surface area is 155 Å². The molecule has 0 aliphatic carbocycles. The van der Waals surface area contributed by atoms with Crippen LogP contribution in [0.25, 0.3) is 0 Å². The fourth-order valence-electron chi connectivity index (χ4n) is 2.76. The third-order valence-corrected chi connectivity index (χ3v) is 4.49. The molecule has 3 rings (SSSR count). The van der Waals surface area contributed by atoms with Gasteiger partial charge in [0.25, 0.3) is 0 Å². The Morgan fingerprint density at radius 3 is 2.56 bits per heavy atom.